The fraction of sp³-hybridized carbons (Fsp3) is 0.464. The van der Waals surface area contributed by atoms with Gasteiger partial charge in [0, 0.05) is 17.7 Å². The van der Waals surface area contributed by atoms with Gasteiger partial charge in [0.05, 0.1) is 43.6 Å². The Morgan fingerprint density at radius 2 is 1.88 bits per heavy atom. The topological polar surface area (TPSA) is 142 Å². The fourth-order valence-corrected chi connectivity index (χ4v) is 7.10. The molecule has 2 aliphatic rings. The second-order valence-corrected chi connectivity index (χ2v) is 11.6. The van der Waals surface area contributed by atoms with Crippen LogP contribution < -0.4 is 21.3 Å². The van der Waals surface area contributed by atoms with Crippen molar-refractivity contribution in [1.29, 1.82) is 0 Å². The Morgan fingerprint density at radius 3 is 2.55 bits per heavy atom. The van der Waals surface area contributed by atoms with Crippen molar-refractivity contribution in [3.63, 3.8) is 0 Å². The van der Waals surface area contributed by atoms with E-state index < -0.39 is 41.2 Å². The van der Waals surface area contributed by atoms with Crippen LogP contribution in [-0.2, 0) is 16.1 Å². The molecule has 1 aliphatic heterocycles. The van der Waals surface area contributed by atoms with Crippen molar-refractivity contribution in [2.45, 2.75) is 69.9 Å². The molecular weight excluding hydrogens is 567 g/mol. The second kappa shape index (κ2) is 11.4. The lowest BCUT2D eigenvalue weighted by Gasteiger charge is -2.31. The third kappa shape index (κ3) is 5.03. The number of nitrogens with one attached hydrogen (secondary N) is 1. The van der Waals surface area contributed by atoms with Crippen LogP contribution >= 0.6 is 11.3 Å². The maximum absolute atomic E-state index is 14.6. The van der Waals surface area contributed by atoms with E-state index in [-0.39, 0.29) is 24.5 Å². The Kier molecular flexibility index (Phi) is 7.68. The Bertz CT molecular complexity index is 1740. The van der Waals surface area contributed by atoms with Crippen LogP contribution in [0.3, 0.4) is 0 Å². The van der Waals surface area contributed by atoms with Gasteiger partial charge in [-0.05, 0) is 57.2 Å². The van der Waals surface area contributed by atoms with Gasteiger partial charge in [-0.15, -0.1) is 4.80 Å². The molecule has 12 nitrogen and oxygen atoms in total. The lowest BCUT2D eigenvalue weighted by Crippen LogP contribution is -2.44. The molecule has 42 heavy (non-hydrogen) atoms. The minimum absolute atomic E-state index is 0.0885. The number of benzene rings is 1. The molecule has 2 fully saturated rings. The number of thiophene rings is 1. The van der Waals surface area contributed by atoms with Crippen LogP contribution in [0.5, 0.6) is 5.75 Å². The average Bonchev–Trinajstić information content (AvgIpc) is 3.73. The number of hydrogen-bond acceptors (Lipinski definition) is 9. The molecule has 2 atom stereocenters. The highest BCUT2D eigenvalue weighted by molar-refractivity contribution is 7.21. The normalized spacial score (nSPS) is 21.5. The number of aromatic nitrogens is 5. The third-order valence-corrected chi connectivity index (χ3v) is 9.32. The number of aryl methyl sites for hydroxylation is 1. The van der Waals surface area contributed by atoms with Crippen molar-refractivity contribution in [3.8, 4) is 10.8 Å². The lowest BCUT2D eigenvalue weighted by atomic mass is 9.94. The summed E-state index contributed by atoms with van der Waals surface area (Å²) in [7, 11) is 1.47. The highest BCUT2D eigenvalue weighted by Crippen LogP contribution is 2.36. The third-order valence-electron chi connectivity index (χ3n) is 8.04. The van der Waals surface area contributed by atoms with Crippen LogP contribution in [0.25, 0.3) is 15.2 Å². The molecule has 0 spiro atoms. The Balaban J connectivity index is 1.55. The van der Waals surface area contributed by atoms with Gasteiger partial charge in [0.1, 0.15) is 33.5 Å². The molecule has 1 amide bonds. The molecule has 3 aromatic heterocycles. The SMILES string of the molecule is COc1ccc(F)cc1[C@H](Cn1c(=O)n([C@H]2CCNC2=O)c(=O)c2c(C)c(-n3nccn3)sc21)O[C@H]1CC[C@H](O)CC1. The van der Waals surface area contributed by atoms with Gasteiger partial charge in [0.15, 0.2) is 0 Å². The number of hydrogen-bond donors (Lipinski definition) is 2. The van der Waals surface area contributed by atoms with E-state index in [1.165, 1.54) is 58.4 Å². The first-order valence-corrected chi connectivity index (χ1v) is 14.7. The van der Waals surface area contributed by atoms with Gasteiger partial charge in [-0.25, -0.2) is 13.8 Å². The van der Waals surface area contributed by atoms with Crippen LogP contribution in [0.15, 0.2) is 40.2 Å². The predicted octanol–water partition coefficient (Wildman–Crippen LogP) is 2.38. The largest absolute Gasteiger partial charge is 0.496 e. The summed E-state index contributed by atoms with van der Waals surface area (Å²) in [6.07, 6.45) is 4.12. The van der Waals surface area contributed by atoms with E-state index in [0.717, 1.165) is 4.57 Å². The fourth-order valence-electron chi connectivity index (χ4n) is 5.88. The number of nitrogens with zero attached hydrogens (tertiary/aromatic N) is 5. The summed E-state index contributed by atoms with van der Waals surface area (Å²) < 4.78 is 29.2. The molecule has 6 rings (SSSR count). The van der Waals surface area contributed by atoms with Crippen LogP contribution in [0.1, 0.15) is 55.4 Å². The lowest BCUT2D eigenvalue weighted by molar-refractivity contribution is -0.122. The maximum Gasteiger partial charge on any atom is 0.332 e. The summed E-state index contributed by atoms with van der Waals surface area (Å²) in [4.78, 5) is 42.5. The number of ether oxygens (including phenoxy) is 2. The molecule has 2 N–H and O–H groups in total. The van der Waals surface area contributed by atoms with E-state index in [2.05, 4.69) is 15.5 Å². The monoisotopic (exact) mass is 598 g/mol. The number of carbonyl (C=O) groups is 1. The molecule has 222 valence electrons. The molecule has 1 aromatic carbocycles. The number of fused-ring (bicyclic) bond motifs is 1. The number of halogens is 1. The van der Waals surface area contributed by atoms with Crippen LogP contribution in [0, 0.1) is 12.7 Å². The van der Waals surface area contributed by atoms with Gasteiger partial charge in [0.25, 0.3) is 5.56 Å². The molecule has 1 aliphatic carbocycles. The van der Waals surface area contributed by atoms with Crippen molar-refractivity contribution < 1.29 is 23.8 Å². The molecule has 1 saturated carbocycles. The molecule has 0 unspecified atom stereocenters. The Labute approximate surface area is 243 Å². The second-order valence-electron chi connectivity index (χ2n) is 10.6. The van der Waals surface area contributed by atoms with E-state index in [9.17, 15) is 23.9 Å². The van der Waals surface area contributed by atoms with Crippen molar-refractivity contribution in [1.82, 2.24) is 29.4 Å². The summed E-state index contributed by atoms with van der Waals surface area (Å²) in [5.41, 5.74) is -0.261. The zero-order valence-electron chi connectivity index (χ0n) is 23.2. The zero-order chi connectivity index (χ0) is 29.5. The van der Waals surface area contributed by atoms with Gasteiger partial charge in [0.2, 0.25) is 5.91 Å². The molecule has 0 radical (unpaired) electrons. The van der Waals surface area contributed by atoms with Gasteiger partial charge in [-0.2, -0.15) is 10.2 Å². The van der Waals surface area contributed by atoms with Crippen LogP contribution in [0.2, 0.25) is 0 Å². The van der Waals surface area contributed by atoms with E-state index in [4.69, 9.17) is 9.47 Å². The van der Waals surface area contributed by atoms with Crippen LogP contribution in [-0.4, -0.2) is 61.0 Å². The molecular formula is C28H31FN6O6S. The molecule has 0 bridgehead atoms. The standard InChI is InChI=1S/C28H31FN6O6S/c1-15-23-25(38)34(20-9-10-30-24(20)37)28(39)33(27(23)42-26(15)35-31-11-12-32-35)14-22(41-18-6-4-17(36)5-7-18)19-13-16(29)3-8-21(19)40-2/h3,8,11-13,17-18,20,22,36H,4-7,9-10,14H2,1-2H3,(H,30,37)/t17-,18-,20-,22-/m0/s1. The highest BCUT2D eigenvalue weighted by atomic mass is 32.1. The molecule has 4 heterocycles. The minimum atomic E-state index is -0.964. The smallest absolute Gasteiger partial charge is 0.332 e. The first-order valence-electron chi connectivity index (χ1n) is 13.9. The summed E-state index contributed by atoms with van der Waals surface area (Å²) >= 11 is 1.18. The quantitative estimate of drug-likeness (QED) is 0.315. The number of methoxy groups -OCH3 is 1. The van der Waals surface area contributed by atoms with Crippen molar-refractivity contribution in [3.05, 3.63) is 68.4 Å². The maximum atomic E-state index is 14.6. The van der Waals surface area contributed by atoms with Crippen molar-refractivity contribution in [2.75, 3.05) is 13.7 Å². The molecule has 4 aromatic rings. The number of rotatable bonds is 8. The number of amides is 1. The first kappa shape index (κ1) is 28.2. The van der Waals surface area contributed by atoms with E-state index >= 15 is 0 Å². The van der Waals surface area contributed by atoms with E-state index in [0.29, 0.717) is 58.9 Å². The summed E-state index contributed by atoms with van der Waals surface area (Å²) in [5.74, 6) is -0.515. The van der Waals surface area contributed by atoms with Crippen molar-refractivity contribution in [2.24, 2.45) is 0 Å². The van der Waals surface area contributed by atoms with Gasteiger partial charge in [-0.1, -0.05) is 11.3 Å². The number of aliphatic hydroxyl groups excluding tert-OH is 1. The van der Waals surface area contributed by atoms with Crippen molar-refractivity contribution >= 4 is 27.5 Å². The number of carbonyl (C=O) groups excluding carboxylic acids is 1. The van der Waals surface area contributed by atoms with E-state index in [1.54, 1.807) is 6.92 Å². The Hall–Kier alpha value is -3.88. The van der Waals surface area contributed by atoms with Gasteiger partial charge >= 0.3 is 5.69 Å². The summed E-state index contributed by atoms with van der Waals surface area (Å²) in [6, 6.07) is 3.15. The molecule has 14 heteroatoms. The summed E-state index contributed by atoms with van der Waals surface area (Å²) in [6.45, 7) is 2.01. The van der Waals surface area contributed by atoms with Crippen LogP contribution in [0.4, 0.5) is 4.39 Å². The van der Waals surface area contributed by atoms with E-state index in [1.807, 2.05) is 0 Å². The van der Waals surface area contributed by atoms with Gasteiger partial charge < -0.3 is 19.9 Å². The highest BCUT2D eigenvalue weighted by Gasteiger charge is 2.33. The zero-order valence-corrected chi connectivity index (χ0v) is 24.0. The predicted molar refractivity (Wildman–Crippen MR) is 152 cm³/mol. The average molecular weight is 599 g/mol. The molecule has 1 saturated heterocycles. The first-order chi connectivity index (χ1) is 20.3. The minimum Gasteiger partial charge on any atom is -0.496 e. The number of aliphatic hydroxyl groups is 1. The summed E-state index contributed by atoms with van der Waals surface area (Å²) in [5, 5.41) is 22.0. The Morgan fingerprint density at radius 1 is 1.14 bits per heavy atom. The van der Waals surface area contributed by atoms with Gasteiger partial charge in [-0.3, -0.25) is 14.2 Å².